The monoisotopic (exact) mass is 1070 g/mol. The van der Waals surface area contributed by atoms with Crippen LogP contribution >= 0.6 is 0 Å². The van der Waals surface area contributed by atoms with E-state index in [4.69, 9.17) is 42.3 Å². The van der Waals surface area contributed by atoms with Crippen LogP contribution in [-0.2, 0) is 75.4 Å². The second-order valence-corrected chi connectivity index (χ2v) is 26.8. The van der Waals surface area contributed by atoms with E-state index >= 15 is 0 Å². The Kier molecular flexibility index (Phi) is 18.3. The zero-order valence-corrected chi connectivity index (χ0v) is 46.6. The summed E-state index contributed by atoms with van der Waals surface area (Å²) in [6.07, 6.45) is -7.11. The molecule has 2 aliphatic heterocycles. The number of hydrogen-bond acceptors (Lipinski definition) is 10. The topological polar surface area (TPSA) is 103 Å². The fourth-order valence-electron chi connectivity index (χ4n) is 11.9. The Morgan fingerprint density at radius 3 is 1.08 bits per heavy atom. The van der Waals surface area contributed by atoms with E-state index in [0.29, 0.717) is 0 Å². The summed E-state index contributed by atoms with van der Waals surface area (Å²) in [5, 5.41) is 14.9. The van der Waals surface area contributed by atoms with Crippen LogP contribution in [0.1, 0.15) is 68.9 Å². The van der Waals surface area contributed by atoms with E-state index in [9.17, 15) is 5.11 Å². The normalized spacial score (nSPS) is 26.1. The van der Waals surface area contributed by atoms with E-state index in [0.717, 1.165) is 38.2 Å². The highest BCUT2D eigenvalue weighted by molar-refractivity contribution is 6.99. The van der Waals surface area contributed by atoms with Gasteiger partial charge in [-0.15, -0.1) is 0 Å². The van der Waals surface area contributed by atoms with Gasteiger partial charge in [-0.25, -0.2) is 0 Å². The second-order valence-electron chi connectivity index (χ2n) is 22.4. The molecule has 2 saturated heterocycles. The molecule has 1 N–H and O–H groups in total. The molecule has 3 fully saturated rings. The molecular weight excluding hydrogens is 993 g/mol. The quantitative estimate of drug-likeness (QED) is 0.0660. The summed E-state index contributed by atoms with van der Waals surface area (Å²) < 4.78 is 64.9. The molecule has 2 heterocycles. The van der Waals surface area contributed by atoms with Crippen molar-refractivity contribution in [2.75, 3.05) is 6.61 Å². The number of ether oxygens (including phenoxy) is 8. The Bertz CT molecular complexity index is 2720. The van der Waals surface area contributed by atoms with Crippen molar-refractivity contribution in [2.24, 2.45) is 5.92 Å². The van der Waals surface area contributed by atoms with Crippen molar-refractivity contribution in [3.05, 3.63) is 240 Å². The Balaban J connectivity index is 1.08. The standard InChI is InChI=1S/C67H76O10Si/c1-66(2,3)78(53-37-23-11-24-38-53,54-39-25-12-26-40-54)74-47-57-61-62(77-67(4,5)76-61)58(68)56(75-57)41-55-59(69-42-48-27-13-6-14-28-48)63(71-44-50-31-17-8-18-32-50)65(73-46-52-35-21-10-22-36-52)64(72-45-51-33-19-9-20-34-51)60(55)70-43-49-29-15-7-16-30-49/h6-40,55-65,68H,41-47H2,1-5H3/t55?,56-,57+,58-,59-,60+,61+,62-,63-,64-,65?/m0/s1. The van der Waals surface area contributed by atoms with Crippen LogP contribution < -0.4 is 10.4 Å². The van der Waals surface area contributed by atoms with E-state index in [1.54, 1.807) is 0 Å². The van der Waals surface area contributed by atoms with Crippen LogP contribution in [0.3, 0.4) is 0 Å². The lowest BCUT2D eigenvalue weighted by Gasteiger charge is -2.52. The van der Waals surface area contributed by atoms with Gasteiger partial charge in [-0.3, -0.25) is 0 Å². The van der Waals surface area contributed by atoms with Crippen LogP contribution in [0.15, 0.2) is 212 Å². The maximum Gasteiger partial charge on any atom is 0.261 e. The van der Waals surface area contributed by atoms with E-state index in [2.05, 4.69) is 130 Å². The minimum absolute atomic E-state index is 0.185. The summed E-state index contributed by atoms with van der Waals surface area (Å²) in [5.41, 5.74) is 5.01. The molecular formula is C67H76O10Si. The summed E-state index contributed by atoms with van der Waals surface area (Å²) in [5.74, 6) is -1.52. The first-order chi connectivity index (χ1) is 38.0. The van der Waals surface area contributed by atoms with Crippen LogP contribution in [0.5, 0.6) is 0 Å². The molecule has 3 aliphatic rings. The highest BCUT2D eigenvalue weighted by Crippen LogP contribution is 2.45. The van der Waals surface area contributed by atoms with Gasteiger partial charge in [0.2, 0.25) is 0 Å². The van der Waals surface area contributed by atoms with E-state index in [-0.39, 0.29) is 51.1 Å². The first-order valence-electron chi connectivity index (χ1n) is 27.7. The Labute approximate surface area is 462 Å². The van der Waals surface area contributed by atoms with Crippen LogP contribution in [0.4, 0.5) is 0 Å². The maximum absolute atomic E-state index is 12.9. The molecule has 2 unspecified atom stereocenters. The zero-order chi connectivity index (χ0) is 54.0. The van der Waals surface area contributed by atoms with E-state index < -0.39 is 81.1 Å². The van der Waals surface area contributed by atoms with Gasteiger partial charge in [0.05, 0.1) is 58.0 Å². The molecule has 1 aliphatic carbocycles. The van der Waals surface area contributed by atoms with Crippen molar-refractivity contribution in [3.63, 3.8) is 0 Å². The van der Waals surface area contributed by atoms with Crippen molar-refractivity contribution < 1.29 is 47.4 Å². The predicted octanol–water partition coefficient (Wildman–Crippen LogP) is 11.2. The first-order valence-corrected chi connectivity index (χ1v) is 29.6. The molecule has 7 aromatic carbocycles. The van der Waals surface area contributed by atoms with Crippen molar-refractivity contribution in [3.8, 4) is 0 Å². The Hall–Kier alpha value is -5.64. The van der Waals surface area contributed by atoms with Crippen LogP contribution in [-0.4, -0.2) is 86.9 Å². The molecule has 1 saturated carbocycles. The Morgan fingerprint density at radius 1 is 0.423 bits per heavy atom. The lowest BCUT2D eigenvalue weighted by atomic mass is 9.73. The van der Waals surface area contributed by atoms with E-state index in [1.165, 1.54) is 0 Å². The van der Waals surface area contributed by atoms with Gasteiger partial charge in [0.15, 0.2) is 5.79 Å². The van der Waals surface area contributed by atoms with Crippen molar-refractivity contribution in [1.82, 2.24) is 0 Å². The number of fused-ring (bicyclic) bond motifs is 1. The average Bonchev–Trinajstić information content (AvgIpc) is 3.89. The average molecular weight is 1070 g/mol. The molecule has 10 rings (SSSR count). The molecule has 78 heavy (non-hydrogen) atoms. The summed E-state index contributed by atoms with van der Waals surface area (Å²) in [7, 11) is -3.06. The third-order valence-electron chi connectivity index (χ3n) is 15.5. The highest BCUT2D eigenvalue weighted by Gasteiger charge is 2.60. The molecule has 7 aromatic rings. The zero-order valence-electron chi connectivity index (χ0n) is 45.6. The molecule has 0 aromatic heterocycles. The maximum atomic E-state index is 12.9. The lowest BCUT2D eigenvalue weighted by Crippen LogP contribution is -2.68. The van der Waals surface area contributed by atoms with Gasteiger partial charge in [0.25, 0.3) is 8.32 Å². The molecule has 10 nitrogen and oxygen atoms in total. The van der Waals surface area contributed by atoms with Gasteiger partial charge in [0.1, 0.15) is 42.7 Å². The summed E-state index contributed by atoms with van der Waals surface area (Å²) >= 11 is 0. The van der Waals surface area contributed by atoms with Gasteiger partial charge in [-0.1, -0.05) is 233 Å². The Morgan fingerprint density at radius 2 is 0.731 bits per heavy atom. The number of hydrogen-bond donors (Lipinski definition) is 1. The third-order valence-corrected chi connectivity index (χ3v) is 20.6. The van der Waals surface area contributed by atoms with Crippen LogP contribution in [0, 0.1) is 5.92 Å². The minimum atomic E-state index is -3.06. The molecule has 11 atom stereocenters. The fourth-order valence-corrected chi connectivity index (χ4v) is 16.4. The number of aliphatic hydroxyl groups excluding tert-OH is 1. The highest BCUT2D eigenvalue weighted by atomic mass is 28.4. The molecule has 408 valence electrons. The number of benzene rings is 7. The number of aliphatic hydroxyl groups is 1. The molecule has 11 heteroatoms. The lowest BCUT2D eigenvalue weighted by molar-refractivity contribution is -0.279. The summed E-state index contributed by atoms with van der Waals surface area (Å²) in [6, 6.07) is 72.2. The van der Waals surface area contributed by atoms with Gasteiger partial charge < -0.3 is 47.4 Å². The van der Waals surface area contributed by atoms with Gasteiger partial charge in [-0.2, -0.15) is 0 Å². The van der Waals surface area contributed by atoms with Crippen LogP contribution in [0.25, 0.3) is 0 Å². The predicted molar refractivity (Wildman–Crippen MR) is 305 cm³/mol. The van der Waals surface area contributed by atoms with Gasteiger partial charge in [-0.05, 0) is 63.5 Å². The second kappa shape index (κ2) is 25.6. The smallest absolute Gasteiger partial charge is 0.261 e. The van der Waals surface area contributed by atoms with Gasteiger partial charge >= 0.3 is 0 Å². The minimum Gasteiger partial charge on any atom is -0.405 e. The summed E-state index contributed by atoms with van der Waals surface area (Å²) in [4.78, 5) is 0. The fraction of sp³-hybridized carbons (Fsp3) is 0.373. The number of rotatable bonds is 22. The molecule has 0 bridgehead atoms. The van der Waals surface area contributed by atoms with Crippen molar-refractivity contribution >= 4 is 18.7 Å². The molecule has 0 amide bonds. The molecule has 0 radical (unpaired) electrons. The van der Waals surface area contributed by atoms with E-state index in [1.807, 2.05) is 117 Å². The third kappa shape index (κ3) is 13.2. The first kappa shape index (κ1) is 55.7. The van der Waals surface area contributed by atoms with Gasteiger partial charge in [0, 0.05) is 5.92 Å². The SMILES string of the molecule is CC1(C)O[C@H]2[C@@H](O)[C@H](CC3[C@@H](OCc4ccccc4)[C@H](OCc4ccccc4)C(OCc4ccccc4)[C@@H](OCc4ccccc4)[C@H]3OCc3ccccc3)O[C@H](CO[Si](c3ccccc3)(c3ccccc3)C(C)(C)C)[C@H]2O1. The van der Waals surface area contributed by atoms with Crippen molar-refractivity contribution in [1.29, 1.82) is 0 Å². The molecule has 0 spiro atoms. The summed E-state index contributed by atoms with van der Waals surface area (Å²) in [6.45, 7) is 12.2. The van der Waals surface area contributed by atoms with Crippen LogP contribution in [0.2, 0.25) is 5.04 Å². The van der Waals surface area contributed by atoms with Crippen molar-refractivity contribution in [2.45, 2.75) is 146 Å². The largest absolute Gasteiger partial charge is 0.405 e.